The Morgan fingerprint density at radius 3 is 2.59 bits per heavy atom. The molecule has 0 atom stereocenters. The average Bonchev–Trinajstić information content (AvgIpc) is 3.24. The molecule has 1 amide bonds. The van der Waals surface area contributed by atoms with E-state index in [0.717, 1.165) is 18.4 Å². The van der Waals surface area contributed by atoms with Crippen molar-refractivity contribution in [1.29, 1.82) is 0 Å². The van der Waals surface area contributed by atoms with Gasteiger partial charge in [0.25, 0.3) is 15.9 Å². The summed E-state index contributed by atoms with van der Waals surface area (Å²) in [6.07, 6.45) is 7.38. The summed E-state index contributed by atoms with van der Waals surface area (Å²) >= 11 is 0. The molecule has 1 fully saturated rings. The summed E-state index contributed by atoms with van der Waals surface area (Å²) < 4.78 is 30.3. The quantitative estimate of drug-likeness (QED) is 0.547. The van der Waals surface area contributed by atoms with Crippen molar-refractivity contribution in [1.82, 2.24) is 9.78 Å². The standard InChI is InChI=1S/C24H28N4O3S/c1-17-11-12-18(2)22(15-17)32(30,31)27-20-8-6-7-19(16-20)24(29)26-23-13-14-25-28(23)21-9-4-3-5-10-21/h6-8,11-16,21,27H,3-5,9-10H2,1-2H3,(H,26,29). The number of anilines is 2. The summed E-state index contributed by atoms with van der Waals surface area (Å²) in [5.74, 6) is 0.346. The fraction of sp³-hybridized carbons (Fsp3) is 0.333. The van der Waals surface area contributed by atoms with Crippen LogP contribution in [-0.4, -0.2) is 24.1 Å². The third kappa shape index (κ3) is 4.85. The highest BCUT2D eigenvalue weighted by Gasteiger charge is 2.21. The number of rotatable bonds is 6. The lowest BCUT2D eigenvalue weighted by Crippen LogP contribution is -2.20. The first kappa shape index (κ1) is 22.1. The van der Waals surface area contributed by atoms with E-state index in [4.69, 9.17) is 0 Å². The Bertz CT molecular complexity index is 1230. The number of benzene rings is 2. The Morgan fingerprint density at radius 1 is 1.03 bits per heavy atom. The van der Waals surface area contributed by atoms with Gasteiger partial charge in [0.1, 0.15) is 5.82 Å². The lowest BCUT2D eigenvalue weighted by molar-refractivity contribution is 0.102. The Hall–Kier alpha value is -3.13. The van der Waals surface area contributed by atoms with E-state index in [-0.39, 0.29) is 10.8 Å². The summed E-state index contributed by atoms with van der Waals surface area (Å²) in [6, 6.07) is 13.9. The first-order chi connectivity index (χ1) is 15.3. The van der Waals surface area contributed by atoms with Crippen molar-refractivity contribution in [2.24, 2.45) is 0 Å². The van der Waals surface area contributed by atoms with Gasteiger partial charge in [-0.3, -0.25) is 9.52 Å². The minimum Gasteiger partial charge on any atom is -0.307 e. The topological polar surface area (TPSA) is 93.1 Å². The van der Waals surface area contributed by atoms with Crippen LogP contribution in [0.1, 0.15) is 59.6 Å². The first-order valence-corrected chi connectivity index (χ1v) is 12.4. The summed E-state index contributed by atoms with van der Waals surface area (Å²) in [5, 5.41) is 7.34. The van der Waals surface area contributed by atoms with E-state index in [2.05, 4.69) is 15.1 Å². The smallest absolute Gasteiger partial charge is 0.262 e. The van der Waals surface area contributed by atoms with Crippen LogP contribution in [0.15, 0.2) is 59.6 Å². The molecule has 0 aliphatic heterocycles. The number of nitrogens with zero attached hydrogens (tertiary/aromatic N) is 2. The predicted octanol–water partition coefficient (Wildman–Crippen LogP) is 5.06. The highest BCUT2D eigenvalue weighted by atomic mass is 32.2. The van der Waals surface area contributed by atoms with E-state index in [1.165, 1.54) is 19.3 Å². The number of aromatic nitrogens is 2. The van der Waals surface area contributed by atoms with Gasteiger partial charge in [-0.15, -0.1) is 0 Å². The van der Waals surface area contributed by atoms with Gasteiger partial charge < -0.3 is 5.32 Å². The first-order valence-electron chi connectivity index (χ1n) is 10.9. The van der Waals surface area contributed by atoms with Crippen LogP contribution in [0, 0.1) is 13.8 Å². The molecule has 8 heteroatoms. The zero-order valence-corrected chi connectivity index (χ0v) is 19.2. The van der Waals surface area contributed by atoms with E-state index < -0.39 is 10.0 Å². The van der Waals surface area contributed by atoms with Crippen LogP contribution >= 0.6 is 0 Å². The fourth-order valence-corrected chi connectivity index (χ4v) is 5.53. The van der Waals surface area contributed by atoms with Crippen molar-refractivity contribution in [3.8, 4) is 0 Å². The number of hydrogen-bond acceptors (Lipinski definition) is 4. The van der Waals surface area contributed by atoms with Gasteiger partial charge in [0.05, 0.1) is 17.1 Å². The van der Waals surface area contributed by atoms with Gasteiger partial charge in [-0.2, -0.15) is 5.10 Å². The summed E-state index contributed by atoms with van der Waals surface area (Å²) in [7, 11) is -3.78. The van der Waals surface area contributed by atoms with E-state index in [1.54, 1.807) is 55.6 Å². The Kier molecular flexibility index (Phi) is 6.32. The molecule has 2 aromatic carbocycles. The minimum absolute atomic E-state index is 0.226. The van der Waals surface area contributed by atoms with Crippen LogP contribution in [0.4, 0.5) is 11.5 Å². The van der Waals surface area contributed by atoms with Crippen molar-refractivity contribution in [2.75, 3.05) is 10.0 Å². The van der Waals surface area contributed by atoms with Gasteiger partial charge in [-0.05, 0) is 62.1 Å². The monoisotopic (exact) mass is 452 g/mol. The summed E-state index contributed by atoms with van der Waals surface area (Å²) in [5.41, 5.74) is 2.22. The average molecular weight is 453 g/mol. The molecule has 0 spiro atoms. The molecule has 0 unspecified atom stereocenters. The predicted molar refractivity (Wildman–Crippen MR) is 125 cm³/mol. The third-order valence-electron chi connectivity index (χ3n) is 5.84. The molecule has 1 saturated carbocycles. The van der Waals surface area contributed by atoms with Crippen molar-refractivity contribution >= 4 is 27.4 Å². The van der Waals surface area contributed by atoms with E-state index in [1.807, 2.05) is 17.7 Å². The summed E-state index contributed by atoms with van der Waals surface area (Å²) in [6.45, 7) is 3.61. The van der Waals surface area contributed by atoms with Crippen LogP contribution in [-0.2, 0) is 10.0 Å². The van der Waals surface area contributed by atoms with E-state index >= 15 is 0 Å². The van der Waals surface area contributed by atoms with Crippen molar-refractivity contribution in [3.63, 3.8) is 0 Å². The third-order valence-corrected chi connectivity index (χ3v) is 7.37. The number of amides is 1. The van der Waals surface area contributed by atoms with Gasteiger partial charge in [0.15, 0.2) is 0 Å². The summed E-state index contributed by atoms with van der Waals surface area (Å²) in [4.78, 5) is 13.1. The largest absolute Gasteiger partial charge is 0.307 e. The van der Waals surface area contributed by atoms with Gasteiger partial charge in [0, 0.05) is 17.3 Å². The molecule has 1 aromatic heterocycles. The van der Waals surface area contributed by atoms with Gasteiger partial charge in [-0.1, -0.05) is 37.5 Å². The molecule has 0 radical (unpaired) electrons. The zero-order chi connectivity index (χ0) is 22.7. The van der Waals surface area contributed by atoms with Crippen molar-refractivity contribution in [3.05, 3.63) is 71.4 Å². The van der Waals surface area contributed by atoms with Crippen LogP contribution in [0.3, 0.4) is 0 Å². The Morgan fingerprint density at radius 2 is 1.81 bits per heavy atom. The van der Waals surface area contributed by atoms with Gasteiger partial charge in [0.2, 0.25) is 0 Å². The molecular weight excluding hydrogens is 424 g/mol. The number of hydrogen-bond donors (Lipinski definition) is 2. The molecule has 2 N–H and O–H groups in total. The van der Waals surface area contributed by atoms with Crippen LogP contribution in [0.25, 0.3) is 0 Å². The molecule has 168 valence electrons. The maximum Gasteiger partial charge on any atom is 0.262 e. The second kappa shape index (κ2) is 9.16. The number of carbonyl (C=O) groups excluding carboxylic acids is 1. The molecule has 7 nitrogen and oxygen atoms in total. The van der Waals surface area contributed by atoms with Crippen molar-refractivity contribution < 1.29 is 13.2 Å². The maximum atomic E-state index is 12.9. The number of sulfonamides is 1. The van der Waals surface area contributed by atoms with Gasteiger partial charge >= 0.3 is 0 Å². The van der Waals surface area contributed by atoms with E-state index in [9.17, 15) is 13.2 Å². The molecule has 3 aromatic rings. The number of aryl methyl sites for hydroxylation is 2. The second-order valence-corrected chi connectivity index (χ2v) is 10.0. The molecule has 32 heavy (non-hydrogen) atoms. The lowest BCUT2D eigenvalue weighted by atomic mass is 9.96. The molecule has 1 aliphatic carbocycles. The molecule has 1 aliphatic rings. The highest BCUT2D eigenvalue weighted by molar-refractivity contribution is 7.92. The maximum absolute atomic E-state index is 12.9. The molecular formula is C24H28N4O3S. The van der Waals surface area contributed by atoms with Crippen LogP contribution in [0.5, 0.6) is 0 Å². The molecule has 0 bridgehead atoms. The fourth-order valence-electron chi connectivity index (χ4n) is 4.15. The minimum atomic E-state index is -3.78. The van der Waals surface area contributed by atoms with Crippen LogP contribution < -0.4 is 10.0 Å². The SMILES string of the molecule is Cc1ccc(C)c(S(=O)(=O)Nc2cccc(C(=O)Nc3ccnn3C3CCCCC3)c2)c1. The lowest BCUT2D eigenvalue weighted by Gasteiger charge is -2.23. The number of nitrogens with one attached hydrogen (secondary N) is 2. The Balaban J connectivity index is 1.52. The Labute approximate surface area is 188 Å². The number of carbonyl (C=O) groups is 1. The highest BCUT2D eigenvalue weighted by Crippen LogP contribution is 2.30. The van der Waals surface area contributed by atoms with Crippen LogP contribution in [0.2, 0.25) is 0 Å². The second-order valence-electron chi connectivity index (χ2n) is 8.36. The molecule has 0 saturated heterocycles. The normalized spacial score (nSPS) is 14.8. The zero-order valence-electron chi connectivity index (χ0n) is 18.3. The molecule has 4 rings (SSSR count). The van der Waals surface area contributed by atoms with Gasteiger partial charge in [-0.25, -0.2) is 13.1 Å². The van der Waals surface area contributed by atoms with Crippen molar-refractivity contribution in [2.45, 2.75) is 56.9 Å². The van der Waals surface area contributed by atoms with E-state index in [0.29, 0.717) is 28.7 Å². The molecule has 1 heterocycles.